The minimum absolute atomic E-state index is 0.0602. The smallest absolute Gasteiger partial charge is 0.244 e. The van der Waals surface area contributed by atoms with Crippen molar-refractivity contribution in [2.45, 2.75) is 12.6 Å². The number of fused-ring (bicyclic) bond motifs is 1. The van der Waals surface area contributed by atoms with Gasteiger partial charge in [-0.25, -0.2) is 4.99 Å². The van der Waals surface area contributed by atoms with Crippen LogP contribution in [0.5, 0.6) is 5.75 Å². The van der Waals surface area contributed by atoms with Gasteiger partial charge in [0.15, 0.2) is 6.29 Å². The Hall–Kier alpha value is -3.69. The van der Waals surface area contributed by atoms with E-state index in [1.807, 2.05) is 42.5 Å². The zero-order valence-corrected chi connectivity index (χ0v) is 19.8. The summed E-state index contributed by atoms with van der Waals surface area (Å²) in [6.45, 7) is 1.21. The van der Waals surface area contributed by atoms with Gasteiger partial charge in [-0.1, -0.05) is 36.4 Å². The Morgan fingerprint density at radius 1 is 1.06 bits per heavy atom. The van der Waals surface area contributed by atoms with Crippen LogP contribution in [0.4, 0.5) is 11.4 Å². The Kier molecular flexibility index (Phi) is 7.38. The van der Waals surface area contributed by atoms with Gasteiger partial charge >= 0.3 is 88.1 Å². The molecule has 0 aromatic heterocycles. The second-order valence-electron chi connectivity index (χ2n) is 7.21. The van der Waals surface area contributed by atoms with E-state index in [1.54, 1.807) is 12.1 Å². The van der Waals surface area contributed by atoms with Gasteiger partial charge in [-0.05, 0) is 18.2 Å². The minimum Gasteiger partial charge on any atom is -0.444 e. The molecule has 176 valence electrons. The molecule has 10 nitrogen and oxygen atoms in total. The molecule has 0 saturated heterocycles. The van der Waals surface area contributed by atoms with E-state index in [0.717, 1.165) is 11.6 Å². The summed E-state index contributed by atoms with van der Waals surface area (Å²) in [5.41, 5.74) is 6.50. The third kappa shape index (κ3) is 5.62. The molecule has 1 atom stereocenters. The van der Waals surface area contributed by atoms with Crippen molar-refractivity contribution in [1.82, 2.24) is 0 Å². The van der Waals surface area contributed by atoms with Crippen LogP contribution in [-0.4, -0.2) is 45.6 Å². The fourth-order valence-electron chi connectivity index (χ4n) is 3.17. The van der Waals surface area contributed by atoms with Crippen molar-refractivity contribution >= 4 is 48.0 Å². The predicted octanol–water partition coefficient (Wildman–Crippen LogP) is 1.02. The fraction of sp³-hybridized carbons (Fsp3) is 0.0870. The van der Waals surface area contributed by atoms with Crippen molar-refractivity contribution < 1.29 is 31.4 Å². The van der Waals surface area contributed by atoms with Gasteiger partial charge in [0.2, 0.25) is 11.6 Å². The largest absolute Gasteiger partial charge is 0.444 e. The second kappa shape index (κ2) is 10.1. The van der Waals surface area contributed by atoms with Crippen molar-refractivity contribution in [2.24, 2.45) is 10.7 Å². The van der Waals surface area contributed by atoms with Crippen LogP contribution >= 0.6 is 0 Å². The average molecular weight is 527 g/mol. The average Bonchev–Trinajstić information content (AvgIpc) is 2.79. The zero-order chi connectivity index (χ0) is 24.9. The van der Waals surface area contributed by atoms with Crippen molar-refractivity contribution in [1.29, 1.82) is 0 Å². The summed E-state index contributed by atoms with van der Waals surface area (Å²) in [5.74, 6) is -0.631. The minimum atomic E-state index is -5.25. The number of nitrogens with two attached hydrogens (primary N) is 1. The third-order valence-corrected chi connectivity index (χ3v) is 6.83. The van der Waals surface area contributed by atoms with Gasteiger partial charge in [0.1, 0.15) is 0 Å². The monoisotopic (exact) mass is 527 g/mol. The van der Waals surface area contributed by atoms with Gasteiger partial charge in [-0.15, -0.1) is 0 Å². The first-order chi connectivity index (χ1) is 16.0. The Morgan fingerprint density at radius 2 is 1.71 bits per heavy atom. The fourth-order valence-corrected chi connectivity index (χ4v) is 4.88. The van der Waals surface area contributed by atoms with Gasteiger partial charge in [0, 0.05) is 11.1 Å². The van der Waals surface area contributed by atoms with Gasteiger partial charge < -0.3 is 4.74 Å². The number of aldehydes is 1. The van der Waals surface area contributed by atoms with E-state index in [-0.39, 0.29) is 5.69 Å². The molecule has 0 spiro atoms. The van der Waals surface area contributed by atoms with E-state index >= 15 is 0 Å². The van der Waals surface area contributed by atoms with Crippen LogP contribution in [0.25, 0.3) is 0 Å². The van der Waals surface area contributed by atoms with Crippen LogP contribution in [0.2, 0.25) is 0 Å². The number of nitrogens with zero attached hydrogens (tertiary/aromatic N) is 1. The standard InChI is InChI=1S/C15H12N2O2.C8H10AsNO5/c16-15(10-18)12-8-4-5-9-13(12)17-14(19-15)11-6-2-1-3-7-11;1-5(11)10-6-3-2-4-7(12)8(6)9(13,14)15/h1-10H,16H2;2-4,12H,1H3,(H,10,11)(H2,13,14,15). The molecule has 4 rings (SSSR count). The van der Waals surface area contributed by atoms with Crippen molar-refractivity contribution in [3.63, 3.8) is 0 Å². The molecule has 1 aliphatic rings. The summed E-state index contributed by atoms with van der Waals surface area (Å²) in [6, 6.07) is 20.4. The SMILES string of the molecule is CC(=O)Nc1cccc(O)c1[As](=O)(O)O.NC1(C=O)OC(c2ccccc2)=Nc2ccccc21. The maximum absolute atomic E-state index is 11.3. The molecule has 3 aromatic carbocycles. The first-order valence-corrected chi connectivity index (χ1v) is 13.3. The molecule has 0 radical (unpaired) electrons. The molecule has 1 aliphatic heterocycles. The number of nitrogens with one attached hydrogen (secondary N) is 1. The number of benzene rings is 3. The summed E-state index contributed by atoms with van der Waals surface area (Å²) < 4.78 is 34.2. The van der Waals surface area contributed by atoms with E-state index in [2.05, 4.69) is 10.3 Å². The first kappa shape index (κ1) is 24.9. The van der Waals surface area contributed by atoms with Gasteiger partial charge in [0.25, 0.3) is 0 Å². The van der Waals surface area contributed by atoms with Crippen molar-refractivity contribution in [2.75, 3.05) is 5.32 Å². The number of anilines is 1. The molecule has 3 aromatic rings. The Labute approximate surface area is 197 Å². The molecule has 1 heterocycles. The second-order valence-corrected chi connectivity index (χ2v) is 10.4. The predicted molar refractivity (Wildman–Crippen MR) is 125 cm³/mol. The molecule has 0 fully saturated rings. The number of hydrogen-bond donors (Lipinski definition) is 5. The number of carbonyl (C=O) groups is 2. The number of phenolic OH excluding ortho intramolecular Hbond substituents is 1. The van der Waals surface area contributed by atoms with E-state index in [4.69, 9.17) is 18.7 Å². The number of aliphatic imine (C=N–C) groups is 1. The van der Waals surface area contributed by atoms with E-state index < -0.39 is 35.9 Å². The van der Waals surface area contributed by atoms with Crippen LogP contribution in [0.15, 0.2) is 77.8 Å². The Bertz CT molecular complexity index is 1290. The maximum atomic E-state index is 11.3. The number of ether oxygens (including phenoxy) is 1. The molecule has 34 heavy (non-hydrogen) atoms. The maximum Gasteiger partial charge on any atom is 0.244 e. The number of phenols is 1. The molecule has 0 saturated carbocycles. The van der Waals surface area contributed by atoms with E-state index in [9.17, 15) is 18.4 Å². The summed E-state index contributed by atoms with van der Waals surface area (Å²) in [7, 11) is 0. The summed E-state index contributed by atoms with van der Waals surface area (Å²) in [6.07, 6.45) is 0.601. The Morgan fingerprint density at radius 3 is 2.32 bits per heavy atom. The number of aromatic hydroxyl groups is 1. The Balaban J connectivity index is 0.000000197. The van der Waals surface area contributed by atoms with Crippen LogP contribution < -0.4 is 15.4 Å². The molecule has 11 heteroatoms. The van der Waals surface area contributed by atoms with Crippen molar-refractivity contribution in [3.05, 3.63) is 83.9 Å². The molecule has 6 N–H and O–H groups in total. The third-order valence-electron chi connectivity index (χ3n) is 4.63. The number of para-hydroxylation sites is 1. The quantitative estimate of drug-likeness (QED) is 0.247. The van der Waals surface area contributed by atoms with Crippen LogP contribution in [0, 0.1) is 0 Å². The van der Waals surface area contributed by atoms with Crippen LogP contribution in [-0.2, 0) is 23.8 Å². The zero-order valence-electron chi connectivity index (χ0n) is 18.0. The topological polar surface area (TPSA) is 172 Å². The van der Waals surface area contributed by atoms with E-state index in [0.29, 0.717) is 23.4 Å². The van der Waals surface area contributed by atoms with Gasteiger partial charge in [0.05, 0.1) is 5.69 Å². The van der Waals surface area contributed by atoms with Gasteiger partial charge in [-0.3, -0.25) is 10.5 Å². The molecular weight excluding hydrogens is 505 g/mol. The summed E-state index contributed by atoms with van der Waals surface area (Å²) >= 11 is -5.25. The molecule has 1 unspecified atom stereocenters. The van der Waals surface area contributed by atoms with Crippen LogP contribution in [0.1, 0.15) is 18.1 Å². The number of rotatable bonds is 4. The molecule has 0 bridgehead atoms. The first-order valence-electron chi connectivity index (χ1n) is 9.88. The normalized spacial score (nSPS) is 16.6. The number of carbonyl (C=O) groups excluding carboxylic acids is 2. The number of amides is 1. The summed E-state index contributed by atoms with van der Waals surface area (Å²) in [5, 5.41) is 11.6. The van der Waals surface area contributed by atoms with E-state index in [1.165, 1.54) is 19.1 Å². The number of hydrogen-bond acceptors (Lipinski definition) is 7. The molecular formula is C23H22AsN3O7. The van der Waals surface area contributed by atoms with Gasteiger partial charge in [-0.2, -0.15) is 0 Å². The molecule has 1 amide bonds. The van der Waals surface area contributed by atoms with Crippen molar-refractivity contribution in [3.8, 4) is 5.75 Å². The molecule has 0 aliphatic carbocycles. The summed E-state index contributed by atoms with van der Waals surface area (Å²) in [4.78, 5) is 26.5. The van der Waals surface area contributed by atoms with Crippen LogP contribution in [0.3, 0.4) is 0 Å².